The molecule has 2 aromatic carbocycles. The Morgan fingerprint density at radius 2 is 1.50 bits per heavy atom. The predicted molar refractivity (Wildman–Crippen MR) is 80.2 cm³/mol. The Kier molecular flexibility index (Phi) is 4.93. The van der Waals surface area contributed by atoms with Crippen molar-refractivity contribution in [3.8, 4) is 0 Å². The summed E-state index contributed by atoms with van der Waals surface area (Å²) >= 11 is 9.01. The van der Waals surface area contributed by atoms with Gasteiger partial charge in [0.2, 0.25) is 0 Å². The van der Waals surface area contributed by atoms with Crippen LogP contribution in [-0.4, -0.2) is 18.4 Å². The quantitative estimate of drug-likeness (QED) is 0.613. The molecule has 2 aromatic rings. The lowest BCUT2D eigenvalue weighted by Gasteiger charge is -2.04. The smallest absolute Gasteiger partial charge is 0.338 e. The van der Waals surface area contributed by atoms with Crippen molar-refractivity contribution in [1.29, 1.82) is 0 Å². The minimum Gasteiger partial charge on any atom is -0.454 e. The zero-order valence-corrected chi connectivity index (χ0v) is 12.6. The number of ether oxygens (including phenoxy) is 1. The van der Waals surface area contributed by atoms with Crippen LogP contribution in [0.15, 0.2) is 53.0 Å². The lowest BCUT2D eigenvalue weighted by atomic mass is 10.1. The van der Waals surface area contributed by atoms with Crippen LogP contribution in [0.25, 0.3) is 0 Å². The number of halogens is 2. The summed E-state index contributed by atoms with van der Waals surface area (Å²) in [5, 5.41) is 0.549. The molecule has 0 atom stereocenters. The lowest BCUT2D eigenvalue weighted by molar-refractivity contribution is 0.0475. The van der Waals surface area contributed by atoms with Crippen LogP contribution in [0.1, 0.15) is 20.7 Å². The zero-order valence-electron chi connectivity index (χ0n) is 10.3. The Bertz CT molecular complexity index is 563. The highest BCUT2D eigenvalue weighted by Crippen LogP contribution is 2.12. The van der Waals surface area contributed by atoms with Crippen LogP contribution < -0.4 is 0 Å². The van der Waals surface area contributed by atoms with Crippen molar-refractivity contribution in [2.45, 2.75) is 0 Å². The molecule has 0 N–H and O–H groups in total. The summed E-state index contributed by atoms with van der Waals surface area (Å²) in [6.45, 7) is -0.295. The van der Waals surface area contributed by atoms with Gasteiger partial charge in [-0.15, -0.1) is 0 Å². The second-order valence-corrected chi connectivity index (χ2v) is 5.37. The molecule has 0 fully saturated rings. The minimum atomic E-state index is -0.528. The Hall–Kier alpha value is -1.65. The van der Waals surface area contributed by atoms with Crippen LogP contribution in [0.2, 0.25) is 5.02 Å². The number of carbonyl (C=O) groups is 2. The molecule has 3 nitrogen and oxygen atoms in total. The van der Waals surface area contributed by atoms with Gasteiger partial charge in [-0.1, -0.05) is 27.5 Å². The van der Waals surface area contributed by atoms with E-state index in [9.17, 15) is 9.59 Å². The lowest BCUT2D eigenvalue weighted by Crippen LogP contribution is -2.14. The number of carbonyl (C=O) groups excluding carboxylic acids is 2. The van der Waals surface area contributed by atoms with Crippen LogP contribution in [0.5, 0.6) is 0 Å². The summed E-state index contributed by atoms with van der Waals surface area (Å²) in [7, 11) is 0. The second kappa shape index (κ2) is 6.68. The van der Waals surface area contributed by atoms with Gasteiger partial charge in [-0.05, 0) is 48.5 Å². The molecule has 0 heterocycles. The maximum atomic E-state index is 11.8. The van der Waals surface area contributed by atoms with E-state index in [0.29, 0.717) is 16.1 Å². The van der Waals surface area contributed by atoms with Crippen molar-refractivity contribution in [1.82, 2.24) is 0 Å². The minimum absolute atomic E-state index is 0.271. The van der Waals surface area contributed by atoms with E-state index in [1.165, 1.54) is 0 Å². The average Bonchev–Trinajstić information content (AvgIpc) is 2.46. The Morgan fingerprint density at radius 3 is 2.10 bits per heavy atom. The van der Waals surface area contributed by atoms with Gasteiger partial charge in [0.1, 0.15) is 0 Å². The van der Waals surface area contributed by atoms with E-state index in [1.807, 2.05) is 0 Å². The number of benzene rings is 2. The fourth-order valence-electron chi connectivity index (χ4n) is 1.52. The molecule has 0 saturated heterocycles. The van der Waals surface area contributed by atoms with Gasteiger partial charge in [-0.3, -0.25) is 4.79 Å². The van der Waals surface area contributed by atoms with E-state index >= 15 is 0 Å². The van der Waals surface area contributed by atoms with Gasteiger partial charge >= 0.3 is 5.97 Å². The van der Waals surface area contributed by atoms with E-state index in [1.54, 1.807) is 48.5 Å². The first-order valence-electron chi connectivity index (χ1n) is 5.78. The SMILES string of the molecule is O=C(COC(=O)c1ccc(Br)cc1)c1ccc(Cl)cc1. The van der Waals surface area contributed by atoms with Gasteiger partial charge in [-0.2, -0.15) is 0 Å². The summed E-state index contributed by atoms with van der Waals surface area (Å²) in [6, 6.07) is 13.1. The highest BCUT2D eigenvalue weighted by molar-refractivity contribution is 9.10. The molecule has 0 aliphatic rings. The zero-order chi connectivity index (χ0) is 14.5. The molecule has 0 saturated carbocycles. The molecule has 20 heavy (non-hydrogen) atoms. The summed E-state index contributed by atoms with van der Waals surface area (Å²) in [4.78, 5) is 23.6. The molecule has 5 heteroatoms. The average molecular weight is 354 g/mol. The van der Waals surface area contributed by atoms with Crippen molar-refractivity contribution in [3.63, 3.8) is 0 Å². The molecule has 2 rings (SSSR count). The van der Waals surface area contributed by atoms with Crippen molar-refractivity contribution in [3.05, 3.63) is 69.2 Å². The Balaban J connectivity index is 1.94. The van der Waals surface area contributed by atoms with Gasteiger partial charge in [0.15, 0.2) is 12.4 Å². The molecular weight excluding hydrogens is 344 g/mol. The Morgan fingerprint density at radius 1 is 0.950 bits per heavy atom. The first kappa shape index (κ1) is 14.8. The van der Waals surface area contributed by atoms with Crippen LogP contribution in [-0.2, 0) is 4.74 Å². The van der Waals surface area contributed by atoms with E-state index in [2.05, 4.69) is 15.9 Å². The molecule has 0 radical (unpaired) electrons. The van der Waals surface area contributed by atoms with Crippen LogP contribution in [0.4, 0.5) is 0 Å². The fraction of sp³-hybridized carbons (Fsp3) is 0.0667. The predicted octanol–water partition coefficient (Wildman–Crippen LogP) is 4.14. The fourth-order valence-corrected chi connectivity index (χ4v) is 1.91. The number of Topliss-reactive ketones (excluding diaryl/α,β-unsaturated/α-hetero) is 1. The molecular formula is C15H10BrClO3. The highest BCUT2D eigenvalue weighted by Gasteiger charge is 2.11. The van der Waals surface area contributed by atoms with Gasteiger partial charge in [0.25, 0.3) is 0 Å². The highest BCUT2D eigenvalue weighted by atomic mass is 79.9. The summed E-state index contributed by atoms with van der Waals surface area (Å²) in [5.41, 5.74) is 0.857. The molecule has 0 aromatic heterocycles. The normalized spacial score (nSPS) is 10.1. The molecule has 0 spiro atoms. The number of hydrogen-bond acceptors (Lipinski definition) is 3. The van der Waals surface area contributed by atoms with E-state index in [4.69, 9.17) is 16.3 Å². The first-order valence-corrected chi connectivity index (χ1v) is 6.95. The van der Waals surface area contributed by atoms with E-state index in [0.717, 1.165) is 4.47 Å². The van der Waals surface area contributed by atoms with Gasteiger partial charge in [0.05, 0.1) is 5.56 Å². The van der Waals surface area contributed by atoms with Crippen molar-refractivity contribution in [2.24, 2.45) is 0 Å². The molecule has 102 valence electrons. The van der Waals surface area contributed by atoms with E-state index in [-0.39, 0.29) is 12.4 Å². The van der Waals surface area contributed by atoms with Gasteiger partial charge < -0.3 is 4.74 Å². The second-order valence-electron chi connectivity index (χ2n) is 4.01. The standard InChI is InChI=1S/C15H10BrClO3/c16-12-5-1-11(2-6-12)15(19)20-9-14(18)10-3-7-13(17)8-4-10/h1-8H,9H2. The van der Waals surface area contributed by atoms with Crippen LogP contribution >= 0.6 is 27.5 Å². The molecule has 0 amide bonds. The van der Waals surface area contributed by atoms with Crippen LogP contribution in [0.3, 0.4) is 0 Å². The maximum Gasteiger partial charge on any atom is 0.338 e. The summed E-state index contributed by atoms with van der Waals surface area (Å²) < 4.78 is 5.84. The molecule has 0 aliphatic carbocycles. The topological polar surface area (TPSA) is 43.4 Å². The maximum absolute atomic E-state index is 11.8. The number of ketones is 1. The number of hydrogen-bond donors (Lipinski definition) is 0. The first-order chi connectivity index (χ1) is 9.56. The van der Waals surface area contributed by atoms with Gasteiger partial charge in [0, 0.05) is 15.1 Å². The summed E-state index contributed by atoms with van der Waals surface area (Å²) in [6.07, 6.45) is 0. The molecule has 0 aliphatic heterocycles. The van der Waals surface area contributed by atoms with Crippen molar-refractivity contribution >= 4 is 39.3 Å². The number of esters is 1. The third-order valence-electron chi connectivity index (χ3n) is 2.58. The third kappa shape index (κ3) is 3.92. The monoisotopic (exact) mass is 352 g/mol. The number of rotatable bonds is 4. The molecule has 0 unspecified atom stereocenters. The molecule has 0 bridgehead atoms. The van der Waals surface area contributed by atoms with Crippen LogP contribution in [0, 0.1) is 0 Å². The van der Waals surface area contributed by atoms with Crippen molar-refractivity contribution in [2.75, 3.05) is 6.61 Å². The Labute approximate surface area is 129 Å². The van der Waals surface area contributed by atoms with Gasteiger partial charge in [-0.25, -0.2) is 4.79 Å². The van der Waals surface area contributed by atoms with E-state index < -0.39 is 5.97 Å². The summed E-state index contributed by atoms with van der Waals surface area (Å²) in [5.74, 6) is -0.799. The largest absolute Gasteiger partial charge is 0.454 e. The third-order valence-corrected chi connectivity index (χ3v) is 3.36. The van der Waals surface area contributed by atoms with Crippen molar-refractivity contribution < 1.29 is 14.3 Å².